The number of nitrogen functional groups attached to an aromatic ring is 2. The van der Waals surface area contributed by atoms with E-state index in [2.05, 4.69) is 10.1 Å². The van der Waals surface area contributed by atoms with Crippen LogP contribution in [-0.4, -0.2) is 21.4 Å². The molecule has 2 aromatic rings. The van der Waals surface area contributed by atoms with E-state index < -0.39 is 0 Å². The lowest BCUT2D eigenvalue weighted by molar-refractivity contribution is 0.340. The Morgan fingerprint density at radius 1 is 1.25 bits per heavy atom. The van der Waals surface area contributed by atoms with E-state index >= 15 is 0 Å². The van der Waals surface area contributed by atoms with E-state index in [1.54, 1.807) is 0 Å². The van der Waals surface area contributed by atoms with E-state index in [1.807, 2.05) is 31.2 Å². The topological polar surface area (TPSA) is 92.0 Å². The van der Waals surface area contributed by atoms with Crippen LogP contribution < -0.4 is 16.2 Å². The summed E-state index contributed by atoms with van der Waals surface area (Å²) in [5.41, 5.74) is 11.9. The molecule has 1 heterocycles. The van der Waals surface area contributed by atoms with Crippen molar-refractivity contribution in [3.8, 4) is 11.4 Å². The summed E-state index contributed by atoms with van der Waals surface area (Å²) in [5, 5.41) is 3.97. The first-order valence-corrected chi connectivity index (χ1v) is 4.92. The number of nitrogens with zero attached hydrogens (tertiary/aromatic N) is 3. The lowest BCUT2D eigenvalue weighted by atomic mass is 10.3. The van der Waals surface area contributed by atoms with Gasteiger partial charge in [0.15, 0.2) is 0 Å². The first-order chi connectivity index (χ1) is 7.70. The molecule has 6 heteroatoms. The number of anilines is 2. The summed E-state index contributed by atoms with van der Waals surface area (Å²) in [6, 6.07) is 7.37. The molecule has 0 bridgehead atoms. The third kappa shape index (κ3) is 1.90. The Balaban J connectivity index is 2.31. The Morgan fingerprint density at radius 3 is 2.44 bits per heavy atom. The lowest BCUT2D eigenvalue weighted by Gasteiger charge is -2.05. The van der Waals surface area contributed by atoms with Crippen LogP contribution in [0, 0.1) is 0 Å². The second-order valence-corrected chi connectivity index (χ2v) is 3.17. The first kappa shape index (κ1) is 10.3. The monoisotopic (exact) mass is 219 g/mol. The van der Waals surface area contributed by atoms with Crippen molar-refractivity contribution < 1.29 is 4.74 Å². The molecule has 1 aromatic carbocycles. The SMILES string of the molecule is CCOc1ccc(-n2nc(N)nc2N)cc1. The Morgan fingerprint density at radius 2 is 1.94 bits per heavy atom. The van der Waals surface area contributed by atoms with Gasteiger partial charge in [0, 0.05) is 0 Å². The average molecular weight is 219 g/mol. The number of hydrogen-bond acceptors (Lipinski definition) is 5. The Kier molecular flexibility index (Phi) is 2.63. The Labute approximate surface area is 92.8 Å². The smallest absolute Gasteiger partial charge is 0.241 e. The molecule has 0 saturated carbocycles. The van der Waals surface area contributed by atoms with Crippen LogP contribution in [0.25, 0.3) is 5.69 Å². The van der Waals surface area contributed by atoms with Crippen LogP contribution in [0.2, 0.25) is 0 Å². The zero-order valence-electron chi connectivity index (χ0n) is 8.92. The van der Waals surface area contributed by atoms with Crippen LogP contribution in [0.3, 0.4) is 0 Å². The van der Waals surface area contributed by atoms with Crippen molar-refractivity contribution in [1.29, 1.82) is 0 Å². The van der Waals surface area contributed by atoms with Gasteiger partial charge >= 0.3 is 0 Å². The molecule has 0 saturated heterocycles. The minimum absolute atomic E-state index is 0.159. The fourth-order valence-corrected chi connectivity index (χ4v) is 1.38. The highest BCUT2D eigenvalue weighted by atomic mass is 16.5. The number of aromatic nitrogens is 3. The van der Waals surface area contributed by atoms with Crippen molar-refractivity contribution in [1.82, 2.24) is 14.8 Å². The summed E-state index contributed by atoms with van der Waals surface area (Å²) in [5.74, 6) is 1.23. The molecule has 0 aliphatic rings. The van der Waals surface area contributed by atoms with Gasteiger partial charge in [0.05, 0.1) is 12.3 Å². The molecule has 0 aliphatic carbocycles. The van der Waals surface area contributed by atoms with Crippen molar-refractivity contribution in [3.05, 3.63) is 24.3 Å². The molecule has 0 unspecified atom stereocenters. The van der Waals surface area contributed by atoms with Crippen molar-refractivity contribution in [2.75, 3.05) is 18.1 Å². The molecular weight excluding hydrogens is 206 g/mol. The molecular formula is C10H13N5O. The third-order valence-electron chi connectivity index (χ3n) is 2.04. The van der Waals surface area contributed by atoms with E-state index in [1.165, 1.54) is 4.68 Å². The van der Waals surface area contributed by atoms with Gasteiger partial charge in [0.25, 0.3) is 0 Å². The zero-order chi connectivity index (χ0) is 11.5. The predicted octanol–water partition coefficient (Wildman–Crippen LogP) is 0.830. The fourth-order valence-electron chi connectivity index (χ4n) is 1.38. The summed E-state index contributed by atoms with van der Waals surface area (Å²) in [4.78, 5) is 3.82. The minimum Gasteiger partial charge on any atom is -0.494 e. The number of rotatable bonds is 3. The minimum atomic E-state index is 0.159. The van der Waals surface area contributed by atoms with Gasteiger partial charge in [-0.1, -0.05) is 0 Å². The Bertz CT molecular complexity index is 476. The van der Waals surface area contributed by atoms with Gasteiger partial charge in [-0.3, -0.25) is 0 Å². The van der Waals surface area contributed by atoms with Gasteiger partial charge in [-0.2, -0.15) is 9.67 Å². The molecule has 0 radical (unpaired) electrons. The summed E-state index contributed by atoms with van der Waals surface area (Å²) in [7, 11) is 0. The molecule has 0 atom stereocenters. The van der Waals surface area contributed by atoms with Gasteiger partial charge in [-0.05, 0) is 31.2 Å². The summed E-state index contributed by atoms with van der Waals surface area (Å²) >= 11 is 0. The van der Waals surface area contributed by atoms with Crippen LogP contribution in [0.1, 0.15) is 6.92 Å². The van der Waals surface area contributed by atoms with E-state index in [0.29, 0.717) is 6.61 Å². The van der Waals surface area contributed by atoms with Crippen molar-refractivity contribution in [2.45, 2.75) is 6.92 Å². The van der Waals surface area contributed by atoms with E-state index in [9.17, 15) is 0 Å². The number of hydrogen-bond donors (Lipinski definition) is 2. The average Bonchev–Trinajstić information content (AvgIpc) is 2.59. The molecule has 2 rings (SSSR count). The van der Waals surface area contributed by atoms with Crippen molar-refractivity contribution >= 4 is 11.9 Å². The maximum absolute atomic E-state index is 5.65. The molecule has 1 aromatic heterocycles. The predicted molar refractivity (Wildman–Crippen MR) is 61.4 cm³/mol. The highest BCUT2D eigenvalue weighted by Crippen LogP contribution is 2.17. The third-order valence-corrected chi connectivity index (χ3v) is 2.04. The summed E-state index contributed by atoms with van der Waals surface area (Å²) < 4.78 is 6.81. The highest BCUT2D eigenvalue weighted by Gasteiger charge is 2.05. The molecule has 0 amide bonds. The summed E-state index contributed by atoms with van der Waals surface area (Å²) in [6.07, 6.45) is 0. The van der Waals surface area contributed by atoms with Gasteiger partial charge < -0.3 is 16.2 Å². The summed E-state index contributed by atoms with van der Waals surface area (Å²) in [6.45, 7) is 2.57. The molecule has 0 spiro atoms. The van der Waals surface area contributed by atoms with Crippen LogP contribution in [0.15, 0.2) is 24.3 Å². The second-order valence-electron chi connectivity index (χ2n) is 3.17. The molecule has 16 heavy (non-hydrogen) atoms. The fraction of sp³-hybridized carbons (Fsp3) is 0.200. The van der Waals surface area contributed by atoms with Crippen LogP contribution in [0.5, 0.6) is 5.75 Å². The van der Waals surface area contributed by atoms with E-state index in [0.717, 1.165) is 11.4 Å². The number of nitrogens with two attached hydrogens (primary N) is 2. The van der Waals surface area contributed by atoms with Gasteiger partial charge in [-0.15, -0.1) is 5.10 Å². The van der Waals surface area contributed by atoms with Crippen molar-refractivity contribution in [3.63, 3.8) is 0 Å². The van der Waals surface area contributed by atoms with Gasteiger partial charge in [-0.25, -0.2) is 0 Å². The maximum Gasteiger partial charge on any atom is 0.241 e. The van der Waals surface area contributed by atoms with Crippen LogP contribution in [0.4, 0.5) is 11.9 Å². The molecule has 6 nitrogen and oxygen atoms in total. The quantitative estimate of drug-likeness (QED) is 0.797. The molecule has 84 valence electrons. The van der Waals surface area contributed by atoms with Gasteiger partial charge in [0.2, 0.25) is 11.9 Å². The van der Waals surface area contributed by atoms with E-state index in [4.69, 9.17) is 16.2 Å². The molecule has 4 N–H and O–H groups in total. The number of ether oxygens (including phenoxy) is 1. The normalized spacial score (nSPS) is 10.3. The highest BCUT2D eigenvalue weighted by molar-refractivity contribution is 5.42. The second kappa shape index (κ2) is 4.09. The largest absolute Gasteiger partial charge is 0.494 e. The molecule has 0 fully saturated rings. The van der Waals surface area contributed by atoms with Gasteiger partial charge in [0.1, 0.15) is 5.75 Å². The van der Waals surface area contributed by atoms with Crippen molar-refractivity contribution in [2.24, 2.45) is 0 Å². The maximum atomic E-state index is 5.65. The van der Waals surface area contributed by atoms with Crippen LogP contribution in [-0.2, 0) is 0 Å². The van der Waals surface area contributed by atoms with Crippen LogP contribution >= 0.6 is 0 Å². The lowest BCUT2D eigenvalue weighted by Crippen LogP contribution is -2.02. The first-order valence-electron chi connectivity index (χ1n) is 4.92. The van der Waals surface area contributed by atoms with E-state index in [-0.39, 0.29) is 11.9 Å². The standard InChI is InChI=1S/C10H13N5O/c1-2-16-8-5-3-7(4-6-8)15-10(12)13-9(11)14-15/h3-6H,2H2,1H3,(H4,11,12,13,14). The number of benzene rings is 1. The zero-order valence-corrected chi connectivity index (χ0v) is 8.92. The Hall–Kier alpha value is -2.24. The molecule has 0 aliphatic heterocycles.